The van der Waals surface area contributed by atoms with Gasteiger partial charge in [0.15, 0.2) is 0 Å². The lowest BCUT2D eigenvalue weighted by atomic mass is 10.2. The molecular formula is C14H11N3O. The predicted molar refractivity (Wildman–Crippen MR) is 72.1 cm³/mol. The molecule has 18 heavy (non-hydrogen) atoms. The Morgan fingerprint density at radius 3 is 2.50 bits per heavy atom. The zero-order valence-corrected chi connectivity index (χ0v) is 9.55. The van der Waals surface area contributed by atoms with Crippen molar-refractivity contribution in [1.82, 2.24) is 9.97 Å². The lowest BCUT2D eigenvalue weighted by Gasteiger charge is -2.07. The molecule has 3 rings (SSSR count). The number of rotatable bonds is 2. The zero-order valence-electron chi connectivity index (χ0n) is 9.55. The van der Waals surface area contributed by atoms with Crippen molar-refractivity contribution in [3.8, 4) is 0 Å². The number of anilines is 2. The van der Waals surface area contributed by atoms with E-state index in [4.69, 9.17) is 0 Å². The van der Waals surface area contributed by atoms with E-state index in [2.05, 4.69) is 15.3 Å². The van der Waals surface area contributed by atoms with E-state index in [0.29, 0.717) is 5.82 Å². The van der Waals surface area contributed by atoms with Gasteiger partial charge in [-0.2, -0.15) is 4.98 Å². The molecule has 0 amide bonds. The van der Waals surface area contributed by atoms with Gasteiger partial charge in [-0.1, -0.05) is 30.3 Å². The largest absolute Gasteiger partial charge is 0.347 e. The average molecular weight is 237 g/mol. The highest BCUT2D eigenvalue weighted by molar-refractivity contribution is 5.90. The molecule has 0 aliphatic rings. The summed E-state index contributed by atoms with van der Waals surface area (Å²) in [6, 6.07) is 17.2. The molecule has 2 aromatic carbocycles. The Labute approximate surface area is 103 Å². The van der Waals surface area contributed by atoms with Crippen molar-refractivity contribution in [2.24, 2.45) is 0 Å². The van der Waals surface area contributed by atoms with Crippen molar-refractivity contribution in [2.45, 2.75) is 0 Å². The Bertz CT molecular complexity index is 735. The molecule has 0 aliphatic heterocycles. The molecule has 2 N–H and O–H groups in total. The van der Waals surface area contributed by atoms with Gasteiger partial charge in [0.1, 0.15) is 5.82 Å². The van der Waals surface area contributed by atoms with Gasteiger partial charge in [-0.15, -0.1) is 0 Å². The van der Waals surface area contributed by atoms with Crippen molar-refractivity contribution < 1.29 is 0 Å². The van der Waals surface area contributed by atoms with Crippen LogP contribution in [0.2, 0.25) is 0 Å². The Balaban J connectivity index is 2.14. The quantitative estimate of drug-likeness (QED) is 0.720. The van der Waals surface area contributed by atoms with Gasteiger partial charge in [-0.3, -0.25) is 0 Å². The minimum Gasteiger partial charge on any atom is -0.340 e. The number of hydrogen-bond acceptors (Lipinski definition) is 3. The van der Waals surface area contributed by atoms with E-state index in [1.165, 1.54) is 0 Å². The first-order valence-electron chi connectivity index (χ1n) is 5.64. The molecule has 0 atom stereocenters. The maximum absolute atomic E-state index is 11.5. The van der Waals surface area contributed by atoms with Gasteiger partial charge in [-0.05, 0) is 24.3 Å². The Morgan fingerprint density at radius 1 is 0.944 bits per heavy atom. The predicted octanol–water partition coefficient (Wildman–Crippen LogP) is 2.67. The topological polar surface area (TPSA) is 57.8 Å². The summed E-state index contributed by atoms with van der Waals surface area (Å²) in [7, 11) is 0. The van der Waals surface area contributed by atoms with E-state index in [0.717, 1.165) is 16.6 Å². The molecular weight excluding hydrogens is 226 g/mol. The highest BCUT2D eigenvalue weighted by atomic mass is 16.1. The minimum absolute atomic E-state index is 0.355. The number of hydrogen-bond donors (Lipinski definition) is 2. The van der Waals surface area contributed by atoms with Crippen molar-refractivity contribution in [1.29, 1.82) is 0 Å². The van der Waals surface area contributed by atoms with E-state index in [1.54, 1.807) is 0 Å². The van der Waals surface area contributed by atoms with Crippen LogP contribution in [0.1, 0.15) is 0 Å². The van der Waals surface area contributed by atoms with Crippen LogP contribution in [0.3, 0.4) is 0 Å². The third-order valence-corrected chi connectivity index (χ3v) is 2.67. The number of fused-ring (bicyclic) bond motifs is 1. The van der Waals surface area contributed by atoms with Crippen LogP contribution in [-0.4, -0.2) is 9.97 Å². The van der Waals surface area contributed by atoms with Crippen LogP contribution in [0.5, 0.6) is 0 Å². The molecule has 1 heterocycles. The van der Waals surface area contributed by atoms with Gasteiger partial charge < -0.3 is 10.3 Å². The van der Waals surface area contributed by atoms with Crippen LogP contribution in [-0.2, 0) is 0 Å². The fourth-order valence-corrected chi connectivity index (χ4v) is 1.86. The van der Waals surface area contributed by atoms with Crippen molar-refractivity contribution in [2.75, 3.05) is 5.32 Å². The number of aromatic amines is 1. The van der Waals surface area contributed by atoms with Gasteiger partial charge in [0.05, 0.1) is 5.52 Å². The Morgan fingerprint density at radius 2 is 1.67 bits per heavy atom. The fraction of sp³-hybridized carbons (Fsp3) is 0. The van der Waals surface area contributed by atoms with E-state index in [9.17, 15) is 4.79 Å². The number of nitrogens with zero attached hydrogens (tertiary/aromatic N) is 1. The highest BCUT2D eigenvalue weighted by Crippen LogP contribution is 2.21. The second-order valence-electron chi connectivity index (χ2n) is 3.93. The zero-order chi connectivity index (χ0) is 12.4. The summed E-state index contributed by atoms with van der Waals surface area (Å²) >= 11 is 0. The third-order valence-electron chi connectivity index (χ3n) is 2.67. The third kappa shape index (κ3) is 1.96. The molecule has 1 aromatic heterocycles. The van der Waals surface area contributed by atoms with Crippen LogP contribution >= 0.6 is 0 Å². The molecule has 0 radical (unpaired) electrons. The first kappa shape index (κ1) is 10.5. The molecule has 3 aromatic rings. The molecule has 88 valence electrons. The smallest absolute Gasteiger partial charge is 0.340 e. The van der Waals surface area contributed by atoms with Gasteiger partial charge in [-0.25, -0.2) is 4.79 Å². The first-order valence-corrected chi connectivity index (χ1v) is 5.64. The number of benzene rings is 2. The number of aromatic nitrogens is 2. The standard InChI is InChI=1S/C14H11N3O/c18-14-16-12-9-5-4-8-11(12)13(17-14)15-10-6-2-1-3-7-10/h1-9H,(H2,15,16,17,18). The summed E-state index contributed by atoms with van der Waals surface area (Å²) < 4.78 is 0. The second-order valence-corrected chi connectivity index (χ2v) is 3.93. The summed E-state index contributed by atoms with van der Waals surface area (Å²) in [4.78, 5) is 18.2. The van der Waals surface area contributed by atoms with Crippen LogP contribution < -0.4 is 11.0 Å². The van der Waals surface area contributed by atoms with Crippen molar-refractivity contribution in [3.63, 3.8) is 0 Å². The normalized spacial score (nSPS) is 10.4. The molecule has 0 saturated carbocycles. The van der Waals surface area contributed by atoms with Gasteiger partial charge in [0, 0.05) is 11.1 Å². The summed E-state index contributed by atoms with van der Waals surface area (Å²) in [5.41, 5.74) is 1.32. The molecule has 0 bridgehead atoms. The maximum atomic E-state index is 11.5. The van der Waals surface area contributed by atoms with E-state index >= 15 is 0 Å². The maximum Gasteiger partial charge on any atom is 0.347 e. The lowest BCUT2D eigenvalue weighted by molar-refractivity contribution is 1.12. The summed E-state index contributed by atoms with van der Waals surface area (Å²) in [5, 5.41) is 4.05. The lowest BCUT2D eigenvalue weighted by Crippen LogP contribution is -2.12. The number of nitrogens with one attached hydrogen (secondary N) is 2. The molecule has 0 spiro atoms. The van der Waals surface area contributed by atoms with Gasteiger partial charge in [0.2, 0.25) is 0 Å². The average Bonchev–Trinajstić information content (AvgIpc) is 2.40. The molecule has 0 unspecified atom stereocenters. The fourth-order valence-electron chi connectivity index (χ4n) is 1.86. The van der Waals surface area contributed by atoms with Crippen LogP contribution in [0, 0.1) is 0 Å². The van der Waals surface area contributed by atoms with Gasteiger partial charge >= 0.3 is 5.69 Å². The van der Waals surface area contributed by atoms with Crippen LogP contribution in [0.25, 0.3) is 10.9 Å². The molecule has 4 heteroatoms. The van der Waals surface area contributed by atoms with Crippen molar-refractivity contribution in [3.05, 3.63) is 65.1 Å². The Hall–Kier alpha value is -2.62. The second kappa shape index (κ2) is 4.33. The van der Waals surface area contributed by atoms with Crippen LogP contribution in [0.15, 0.2) is 59.4 Å². The molecule has 0 fully saturated rings. The monoisotopic (exact) mass is 237 g/mol. The summed E-state index contributed by atoms with van der Waals surface area (Å²) in [6.45, 7) is 0. The number of para-hydroxylation sites is 2. The first-order chi connectivity index (χ1) is 8.83. The van der Waals surface area contributed by atoms with E-state index in [1.807, 2.05) is 54.6 Å². The molecule has 0 aliphatic carbocycles. The highest BCUT2D eigenvalue weighted by Gasteiger charge is 2.04. The van der Waals surface area contributed by atoms with E-state index in [-0.39, 0.29) is 5.69 Å². The summed E-state index contributed by atoms with van der Waals surface area (Å²) in [6.07, 6.45) is 0. The summed E-state index contributed by atoms with van der Waals surface area (Å²) in [5.74, 6) is 0.570. The Kier molecular flexibility index (Phi) is 2.53. The van der Waals surface area contributed by atoms with Gasteiger partial charge in [0.25, 0.3) is 0 Å². The SMILES string of the molecule is O=c1nc(Nc2ccccc2)c2ccccc2[nH]1. The van der Waals surface area contributed by atoms with Crippen molar-refractivity contribution >= 4 is 22.4 Å². The minimum atomic E-state index is -0.355. The molecule has 4 nitrogen and oxygen atoms in total. The molecule has 0 saturated heterocycles. The van der Waals surface area contributed by atoms with E-state index < -0.39 is 0 Å². The number of H-pyrrole nitrogens is 1. The van der Waals surface area contributed by atoms with Crippen LogP contribution in [0.4, 0.5) is 11.5 Å².